The van der Waals surface area contributed by atoms with Gasteiger partial charge in [0, 0.05) is 5.69 Å². The fourth-order valence-corrected chi connectivity index (χ4v) is 3.10. The number of carbonyl (C=O) groups excluding carboxylic acids is 2. The highest BCUT2D eigenvalue weighted by molar-refractivity contribution is 5.84. The predicted octanol–water partition coefficient (Wildman–Crippen LogP) is 6.24. The topological polar surface area (TPSA) is 83.1 Å². The summed E-state index contributed by atoms with van der Waals surface area (Å²) in [6, 6.07) is 16.9. The number of benzene rings is 2. The van der Waals surface area contributed by atoms with Gasteiger partial charge < -0.3 is 18.9 Å². The fraction of sp³-hybridized carbons (Fsp3) is 0.448. The molecular weight excluding hydrogens is 458 g/mol. The van der Waals surface area contributed by atoms with Crippen molar-refractivity contribution >= 4 is 23.8 Å². The van der Waals surface area contributed by atoms with Gasteiger partial charge >= 0.3 is 12.1 Å². The lowest BCUT2D eigenvalue weighted by Gasteiger charge is -2.32. The van der Waals surface area contributed by atoms with Gasteiger partial charge in [-0.25, -0.2) is 9.59 Å². The van der Waals surface area contributed by atoms with Crippen molar-refractivity contribution < 1.29 is 28.5 Å². The molecule has 0 fully saturated rings. The van der Waals surface area contributed by atoms with Gasteiger partial charge in [-0.1, -0.05) is 69.0 Å². The average molecular weight is 498 g/mol. The second kappa shape index (κ2) is 13.8. The average Bonchev–Trinajstić information content (AvgIpc) is 2.89. The zero-order valence-electron chi connectivity index (χ0n) is 22.0. The third-order valence-corrected chi connectivity index (χ3v) is 5.77. The van der Waals surface area contributed by atoms with Crippen molar-refractivity contribution in [2.24, 2.45) is 5.41 Å². The lowest BCUT2D eigenvalue weighted by atomic mass is 9.94. The van der Waals surface area contributed by atoms with Crippen LogP contribution >= 0.6 is 0 Å². The van der Waals surface area contributed by atoms with E-state index >= 15 is 0 Å². The predicted molar refractivity (Wildman–Crippen MR) is 142 cm³/mol. The molecule has 2 aromatic rings. The standard InChI is InChI=1S/C29H39NO6/c1-7-23-14-16-25(17-15-23)30-27(32)35-21-28(5,19-33-22(3)4)20-34-26(31)29(6,8-2)36-18-24-12-10-9-11-13-24/h7,9-17,22H,1,8,18-21H2,2-6H3,(H,30,32). The van der Waals surface area contributed by atoms with Crippen LogP contribution in [0.1, 0.15) is 52.2 Å². The number of ether oxygens (including phenoxy) is 4. The molecule has 196 valence electrons. The molecule has 7 heteroatoms. The third-order valence-electron chi connectivity index (χ3n) is 5.77. The number of hydrogen-bond donors (Lipinski definition) is 1. The Hall–Kier alpha value is -3.16. The first-order valence-electron chi connectivity index (χ1n) is 12.2. The molecule has 7 nitrogen and oxygen atoms in total. The molecule has 0 bridgehead atoms. The van der Waals surface area contributed by atoms with Crippen LogP contribution in [0, 0.1) is 5.41 Å². The smallest absolute Gasteiger partial charge is 0.411 e. The molecule has 0 aliphatic heterocycles. The number of nitrogens with one attached hydrogen (secondary N) is 1. The first-order chi connectivity index (χ1) is 17.1. The van der Waals surface area contributed by atoms with Crippen molar-refractivity contribution in [2.45, 2.75) is 59.4 Å². The van der Waals surface area contributed by atoms with Gasteiger partial charge in [-0.15, -0.1) is 0 Å². The summed E-state index contributed by atoms with van der Waals surface area (Å²) in [5.74, 6) is -0.469. The zero-order chi connectivity index (χ0) is 26.6. The molecule has 2 atom stereocenters. The van der Waals surface area contributed by atoms with Crippen molar-refractivity contribution in [1.29, 1.82) is 0 Å². The van der Waals surface area contributed by atoms with E-state index in [2.05, 4.69) is 11.9 Å². The first kappa shape index (κ1) is 29.1. The summed E-state index contributed by atoms with van der Waals surface area (Å²) >= 11 is 0. The van der Waals surface area contributed by atoms with Crippen LogP contribution in [0.15, 0.2) is 61.2 Å². The Bertz CT molecular complexity index is 975. The lowest BCUT2D eigenvalue weighted by Crippen LogP contribution is -2.43. The molecule has 0 saturated heterocycles. The molecule has 0 aliphatic rings. The summed E-state index contributed by atoms with van der Waals surface area (Å²) in [5, 5.41) is 2.70. The summed E-state index contributed by atoms with van der Waals surface area (Å²) in [6.07, 6.45) is 1.53. The van der Waals surface area contributed by atoms with Crippen molar-refractivity contribution in [3.63, 3.8) is 0 Å². The van der Waals surface area contributed by atoms with Gasteiger partial charge in [0.15, 0.2) is 5.60 Å². The van der Waals surface area contributed by atoms with E-state index in [0.717, 1.165) is 11.1 Å². The molecule has 0 aliphatic carbocycles. The van der Waals surface area contributed by atoms with Crippen LogP contribution in [0.3, 0.4) is 0 Å². The van der Waals surface area contributed by atoms with E-state index in [0.29, 0.717) is 18.7 Å². The second-order valence-corrected chi connectivity index (χ2v) is 9.63. The quantitative estimate of drug-likeness (QED) is 0.311. The van der Waals surface area contributed by atoms with Crippen LogP contribution < -0.4 is 5.32 Å². The minimum Gasteiger partial charge on any atom is -0.463 e. The van der Waals surface area contributed by atoms with E-state index < -0.39 is 23.1 Å². The molecule has 36 heavy (non-hydrogen) atoms. The summed E-state index contributed by atoms with van der Waals surface area (Å²) in [5.41, 5.74) is 0.662. The van der Waals surface area contributed by atoms with Gasteiger partial charge in [0.05, 0.1) is 24.7 Å². The van der Waals surface area contributed by atoms with Gasteiger partial charge in [-0.3, -0.25) is 5.32 Å². The summed E-state index contributed by atoms with van der Waals surface area (Å²) in [4.78, 5) is 25.4. The Morgan fingerprint density at radius 2 is 1.61 bits per heavy atom. The molecule has 0 spiro atoms. The maximum Gasteiger partial charge on any atom is 0.411 e. The van der Waals surface area contributed by atoms with E-state index in [1.54, 1.807) is 25.1 Å². The largest absolute Gasteiger partial charge is 0.463 e. The van der Waals surface area contributed by atoms with Crippen molar-refractivity contribution in [2.75, 3.05) is 25.1 Å². The van der Waals surface area contributed by atoms with Crippen LogP contribution in [0.25, 0.3) is 6.08 Å². The molecular formula is C29H39NO6. The zero-order valence-corrected chi connectivity index (χ0v) is 22.0. The Labute approximate surface area is 214 Å². The van der Waals surface area contributed by atoms with E-state index in [9.17, 15) is 9.59 Å². The van der Waals surface area contributed by atoms with Crippen LogP contribution in [-0.2, 0) is 30.3 Å². The molecule has 2 rings (SSSR count). The minimum atomic E-state index is -1.11. The van der Waals surface area contributed by atoms with Crippen LogP contribution in [-0.4, -0.2) is 43.6 Å². The van der Waals surface area contributed by atoms with Crippen LogP contribution in [0.2, 0.25) is 0 Å². The first-order valence-corrected chi connectivity index (χ1v) is 12.2. The number of esters is 1. The van der Waals surface area contributed by atoms with Crippen molar-refractivity contribution in [3.8, 4) is 0 Å². The highest BCUT2D eigenvalue weighted by Gasteiger charge is 2.37. The molecule has 0 radical (unpaired) electrons. The van der Waals surface area contributed by atoms with Gasteiger partial charge in [0.2, 0.25) is 0 Å². The number of amides is 1. The molecule has 1 amide bonds. The van der Waals surface area contributed by atoms with Crippen molar-refractivity contribution in [3.05, 3.63) is 72.3 Å². The maximum absolute atomic E-state index is 13.0. The van der Waals surface area contributed by atoms with E-state index in [-0.39, 0.29) is 25.9 Å². The lowest BCUT2D eigenvalue weighted by molar-refractivity contribution is -0.178. The number of rotatable bonds is 14. The van der Waals surface area contributed by atoms with Crippen LogP contribution in [0.5, 0.6) is 0 Å². The SMILES string of the molecule is C=Cc1ccc(NC(=O)OCC(C)(COC(=O)C(C)(CC)OCc2ccccc2)COC(C)C)cc1. The van der Waals surface area contributed by atoms with Gasteiger partial charge in [-0.05, 0) is 50.5 Å². The summed E-state index contributed by atoms with van der Waals surface area (Å²) in [6.45, 7) is 13.5. The van der Waals surface area contributed by atoms with Gasteiger partial charge in [0.1, 0.15) is 13.2 Å². The molecule has 0 heterocycles. The van der Waals surface area contributed by atoms with Gasteiger partial charge in [-0.2, -0.15) is 0 Å². The third kappa shape index (κ3) is 9.47. The Morgan fingerprint density at radius 3 is 2.19 bits per heavy atom. The Balaban J connectivity index is 1.97. The van der Waals surface area contributed by atoms with Gasteiger partial charge in [0.25, 0.3) is 0 Å². The summed E-state index contributed by atoms with van der Waals surface area (Å²) < 4.78 is 22.9. The molecule has 1 N–H and O–H groups in total. The molecule has 0 aromatic heterocycles. The van der Waals surface area contributed by atoms with Crippen molar-refractivity contribution in [1.82, 2.24) is 0 Å². The maximum atomic E-state index is 13.0. The highest BCUT2D eigenvalue weighted by atomic mass is 16.6. The monoisotopic (exact) mass is 497 g/mol. The number of hydrogen-bond acceptors (Lipinski definition) is 6. The molecule has 2 aromatic carbocycles. The number of carbonyl (C=O) groups is 2. The summed E-state index contributed by atoms with van der Waals surface area (Å²) in [7, 11) is 0. The highest BCUT2D eigenvalue weighted by Crippen LogP contribution is 2.24. The Morgan fingerprint density at radius 1 is 0.972 bits per heavy atom. The fourth-order valence-electron chi connectivity index (χ4n) is 3.10. The Kier molecular flexibility index (Phi) is 11.1. The minimum absolute atomic E-state index is 0.00269. The molecule has 0 saturated carbocycles. The second-order valence-electron chi connectivity index (χ2n) is 9.63. The normalized spacial score (nSPS) is 14.4. The van der Waals surface area contributed by atoms with E-state index in [1.165, 1.54) is 0 Å². The number of anilines is 1. The van der Waals surface area contributed by atoms with Crippen LogP contribution in [0.4, 0.5) is 10.5 Å². The van der Waals surface area contributed by atoms with E-state index in [1.807, 2.05) is 70.2 Å². The molecule has 2 unspecified atom stereocenters. The van der Waals surface area contributed by atoms with E-state index in [4.69, 9.17) is 18.9 Å².